The average molecular weight is 161 g/mol. The molecule has 0 aromatic heterocycles. The molecule has 0 aliphatic heterocycles. The van der Waals surface area contributed by atoms with Crippen LogP contribution in [0.2, 0.25) is 0 Å². The van der Waals surface area contributed by atoms with Crippen LogP contribution in [0, 0.1) is 0 Å². The van der Waals surface area contributed by atoms with Crippen molar-refractivity contribution in [2.45, 2.75) is 52.5 Å². The summed E-state index contributed by atoms with van der Waals surface area (Å²) in [6.07, 6.45) is 3.29. The molecule has 0 amide bonds. The molecule has 0 saturated heterocycles. The number of hydrogen-bond acceptors (Lipinski definition) is 2. The molecule has 11 heavy (non-hydrogen) atoms. The van der Waals surface area contributed by atoms with Gasteiger partial charge in [-0.15, -0.1) is 0 Å². The second-order valence-electron chi connectivity index (χ2n) is 2.74. The maximum absolute atomic E-state index is 7.57. The van der Waals surface area contributed by atoms with Crippen LogP contribution in [0.4, 0.5) is 0 Å². The first-order valence-electron chi connectivity index (χ1n) is 4.49. The summed E-state index contributed by atoms with van der Waals surface area (Å²) < 4.78 is 0. The minimum Gasteiger partial charge on any atom is -0.397 e. The highest BCUT2D eigenvalue weighted by Crippen LogP contribution is 2.14. The molecule has 2 nitrogen and oxygen atoms in total. The Morgan fingerprint density at radius 3 is 1.18 bits per heavy atom. The number of nitrogens with two attached hydrogens (primary N) is 1. The predicted molar refractivity (Wildman–Crippen MR) is 50.6 cm³/mol. The van der Waals surface area contributed by atoms with E-state index in [0.29, 0.717) is 0 Å². The lowest BCUT2D eigenvalue weighted by Gasteiger charge is -2.23. The SMILES string of the molecule is CCC(N)(CC)CC.CCO. The largest absolute Gasteiger partial charge is 0.397 e. The highest BCUT2D eigenvalue weighted by Gasteiger charge is 2.15. The van der Waals surface area contributed by atoms with Crippen molar-refractivity contribution in [2.75, 3.05) is 6.61 Å². The van der Waals surface area contributed by atoms with Gasteiger partial charge in [-0.1, -0.05) is 20.8 Å². The van der Waals surface area contributed by atoms with Crippen molar-refractivity contribution in [3.63, 3.8) is 0 Å². The van der Waals surface area contributed by atoms with E-state index in [9.17, 15) is 0 Å². The molecule has 3 N–H and O–H groups in total. The molecule has 70 valence electrons. The molecule has 0 fully saturated rings. The molecule has 0 aliphatic rings. The summed E-state index contributed by atoms with van der Waals surface area (Å²) in [5.41, 5.74) is 6.02. The molecule has 2 heteroatoms. The fourth-order valence-electron chi connectivity index (χ4n) is 0.750. The Labute approximate surface area is 70.8 Å². The van der Waals surface area contributed by atoms with Gasteiger partial charge in [0.2, 0.25) is 0 Å². The Hall–Kier alpha value is -0.0800. The maximum Gasteiger partial charge on any atom is 0.0402 e. The molecule has 0 atom stereocenters. The zero-order valence-corrected chi connectivity index (χ0v) is 8.35. The highest BCUT2D eigenvalue weighted by atomic mass is 16.2. The zero-order chi connectivity index (χ0) is 9.33. The van der Waals surface area contributed by atoms with Gasteiger partial charge >= 0.3 is 0 Å². The van der Waals surface area contributed by atoms with E-state index in [-0.39, 0.29) is 12.1 Å². The van der Waals surface area contributed by atoms with Crippen LogP contribution in [0.3, 0.4) is 0 Å². The minimum absolute atomic E-state index is 0.125. The summed E-state index contributed by atoms with van der Waals surface area (Å²) >= 11 is 0. The minimum atomic E-state index is 0.125. The smallest absolute Gasteiger partial charge is 0.0402 e. The molecule has 0 rings (SSSR count). The van der Waals surface area contributed by atoms with E-state index in [1.54, 1.807) is 6.92 Å². The standard InChI is InChI=1S/C7H17N.C2H6O/c1-4-7(8,5-2)6-3;1-2-3/h4-6,8H2,1-3H3;3H,2H2,1H3. The zero-order valence-electron chi connectivity index (χ0n) is 8.35. The summed E-state index contributed by atoms with van der Waals surface area (Å²) in [5, 5.41) is 7.57. The molecule has 0 unspecified atom stereocenters. The van der Waals surface area contributed by atoms with Gasteiger partial charge in [0.25, 0.3) is 0 Å². The number of hydrogen-bond donors (Lipinski definition) is 2. The molecule has 0 aromatic rings. The summed E-state index contributed by atoms with van der Waals surface area (Å²) in [4.78, 5) is 0. The third-order valence-electron chi connectivity index (χ3n) is 2.11. The first-order valence-corrected chi connectivity index (χ1v) is 4.49. The Morgan fingerprint density at radius 1 is 1.00 bits per heavy atom. The lowest BCUT2D eigenvalue weighted by molar-refractivity contribution is 0.318. The Morgan fingerprint density at radius 2 is 1.18 bits per heavy atom. The van der Waals surface area contributed by atoms with Gasteiger partial charge in [-0.05, 0) is 26.2 Å². The molecule has 0 aliphatic carbocycles. The molecule has 0 bridgehead atoms. The molecule has 0 saturated carbocycles. The molecule has 0 spiro atoms. The first kappa shape index (κ1) is 13.5. The summed E-state index contributed by atoms with van der Waals surface area (Å²) in [6, 6.07) is 0. The van der Waals surface area contributed by atoms with Crippen molar-refractivity contribution >= 4 is 0 Å². The van der Waals surface area contributed by atoms with Crippen LogP contribution in [-0.4, -0.2) is 17.3 Å². The van der Waals surface area contributed by atoms with Gasteiger partial charge in [0.1, 0.15) is 0 Å². The fraction of sp³-hybridized carbons (Fsp3) is 1.00. The summed E-state index contributed by atoms with van der Waals surface area (Å²) in [6.45, 7) is 8.37. The average Bonchev–Trinajstić information content (AvgIpc) is 2.05. The normalized spacial score (nSPS) is 10.4. The number of rotatable bonds is 3. The number of aliphatic hydroxyl groups excluding tert-OH is 1. The van der Waals surface area contributed by atoms with Crippen LogP contribution in [-0.2, 0) is 0 Å². The Balaban J connectivity index is 0. The molecule has 0 radical (unpaired) electrons. The van der Waals surface area contributed by atoms with Gasteiger partial charge < -0.3 is 10.8 Å². The van der Waals surface area contributed by atoms with E-state index < -0.39 is 0 Å². The quantitative estimate of drug-likeness (QED) is 0.664. The monoisotopic (exact) mass is 161 g/mol. The van der Waals surface area contributed by atoms with Crippen molar-refractivity contribution in [3.05, 3.63) is 0 Å². The van der Waals surface area contributed by atoms with E-state index in [1.807, 2.05) is 0 Å². The van der Waals surface area contributed by atoms with Crippen molar-refractivity contribution < 1.29 is 5.11 Å². The number of aliphatic hydroxyl groups is 1. The molecule has 0 heterocycles. The van der Waals surface area contributed by atoms with Gasteiger partial charge in [0.05, 0.1) is 0 Å². The van der Waals surface area contributed by atoms with Gasteiger partial charge in [-0.2, -0.15) is 0 Å². The van der Waals surface area contributed by atoms with Gasteiger partial charge in [-0.3, -0.25) is 0 Å². The second-order valence-corrected chi connectivity index (χ2v) is 2.74. The molecular weight excluding hydrogens is 138 g/mol. The highest BCUT2D eigenvalue weighted by molar-refractivity contribution is 4.77. The Kier molecular flexibility index (Phi) is 9.85. The summed E-state index contributed by atoms with van der Waals surface area (Å²) in [7, 11) is 0. The van der Waals surface area contributed by atoms with E-state index in [4.69, 9.17) is 10.8 Å². The fourth-order valence-corrected chi connectivity index (χ4v) is 0.750. The topological polar surface area (TPSA) is 46.2 Å². The molecule has 0 aromatic carbocycles. The van der Waals surface area contributed by atoms with Crippen LogP contribution in [0.5, 0.6) is 0 Å². The van der Waals surface area contributed by atoms with E-state index in [0.717, 1.165) is 19.3 Å². The summed E-state index contributed by atoms with van der Waals surface area (Å²) in [5.74, 6) is 0. The van der Waals surface area contributed by atoms with Crippen molar-refractivity contribution in [2.24, 2.45) is 5.73 Å². The first-order chi connectivity index (χ1) is 5.10. The van der Waals surface area contributed by atoms with Crippen LogP contribution in [0.15, 0.2) is 0 Å². The van der Waals surface area contributed by atoms with Crippen LogP contribution >= 0.6 is 0 Å². The van der Waals surface area contributed by atoms with Gasteiger partial charge in [0, 0.05) is 12.1 Å². The van der Waals surface area contributed by atoms with Crippen molar-refractivity contribution in [3.8, 4) is 0 Å². The van der Waals surface area contributed by atoms with E-state index in [1.165, 1.54) is 0 Å². The van der Waals surface area contributed by atoms with Crippen molar-refractivity contribution in [1.82, 2.24) is 0 Å². The molecular formula is C9H23NO. The maximum atomic E-state index is 7.57. The van der Waals surface area contributed by atoms with Crippen LogP contribution in [0.25, 0.3) is 0 Å². The van der Waals surface area contributed by atoms with Crippen LogP contribution in [0.1, 0.15) is 47.0 Å². The Bertz CT molecular complexity index is 61.7. The van der Waals surface area contributed by atoms with Crippen LogP contribution < -0.4 is 5.73 Å². The van der Waals surface area contributed by atoms with E-state index in [2.05, 4.69) is 20.8 Å². The van der Waals surface area contributed by atoms with Gasteiger partial charge in [0.15, 0.2) is 0 Å². The third kappa shape index (κ3) is 7.82. The van der Waals surface area contributed by atoms with Gasteiger partial charge in [-0.25, -0.2) is 0 Å². The third-order valence-corrected chi connectivity index (χ3v) is 2.11. The second kappa shape index (κ2) is 8.02. The van der Waals surface area contributed by atoms with E-state index >= 15 is 0 Å². The lowest BCUT2D eigenvalue weighted by atomic mass is 9.92. The predicted octanol–water partition coefficient (Wildman–Crippen LogP) is 1.91. The van der Waals surface area contributed by atoms with Crippen molar-refractivity contribution in [1.29, 1.82) is 0 Å². The lowest BCUT2D eigenvalue weighted by Crippen LogP contribution is -2.37.